The quantitative estimate of drug-likeness (QED) is 0.799. The predicted molar refractivity (Wildman–Crippen MR) is 84.5 cm³/mol. The summed E-state index contributed by atoms with van der Waals surface area (Å²) in [5.41, 5.74) is 0.974. The SMILES string of the molecule is CCCOC1CCCN(c2nc(CNCC(C)C)co2)C1. The van der Waals surface area contributed by atoms with Crippen LogP contribution in [-0.4, -0.2) is 37.3 Å². The number of oxazole rings is 1. The largest absolute Gasteiger partial charge is 0.432 e. The highest BCUT2D eigenvalue weighted by atomic mass is 16.5. The molecule has 1 fully saturated rings. The van der Waals surface area contributed by atoms with E-state index in [0.29, 0.717) is 12.0 Å². The van der Waals surface area contributed by atoms with Gasteiger partial charge in [-0.1, -0.05) is 20.8 Å². The Balaban J connectivity index is 1.82. The van der Waals surface area contributed by atoms with Crippen LogP contribution in [0.15, 0.2) is 10.7 Å². The van der Waals surface area contributed by atoms with Crippen LogP contribution in [0.3, 0.4) is 0 Å². The van der Waals surface area contributed by atoms with Gasteiger partial charge in [-0.3, -0.25) is 0 Å². The van der Waals surface area contributed by atoms with Crippen LogP contribution in [0.2, 0.25) is 0 Å². The Morgan fingerprint density at radius 3 is 3.14 bits per heavy atom. The monoisotopic (exact) mass is 295 g/mol. The van der Waals surface area contributed by atoms with E-state index in [2.05, 4.69) is 36.0 Å². The summed E-state index contributed by atoms with van der Waals surface area (Å²) in [5, 5.41) is 3.39. The lowest BCUT2D eigenvalue weighted by Crippen LogP contribution is -2.40. The average Bonchev–Trinajstić information content (AvgIpc) is 2.94. The zero-order chi connectivity index (χ0) is 15.1. The second-order valence-electron chi connectivity index (χ2n) is 6.23. The Morgan fingerprint density at radius 1 is 1.52 bits per heavy atom. The van der Waals surface area contributed by atoms with E-state index in [-0.39, 0.29) is 0 Å². The van der Waals surface area contributed by atoms with Crippen LogP contribution >= 0.6 is 0 Å². The summed E-state index contributed by atoms with van der Waals surface area (Å²) < 4.78 is 11.5. The van der Waals surface area contributed by atoms with Crippen LogP contribution in [0.5, 0.6) is 0 Å². The minimum atomic E-state index is 0.313. The Labute approximate surface area is 128 Å². The van der Waals surface area contributed by atoms with Gasteiger partial charge in [0.05, 0.1) is 11.8 Å². The van der Waals surface area contributed by atoms with Crippen molar-refractivity contribution in [2.45, 2.75) is 52.7 Å². The first-order valence-corrected chi connectivity index (χ1v) is 8.20. The molecule has 0 saturated carbocycles. The molecule has 120 valence electrons. The Kier molecular flexibility index (Phi) is 6.51. The standard InChI is InChI=1S/C16H29N3O2/c1-4-8-20-15-6-5-7-19(11-15)16-18-14(12-21-16)10-17-9-13(2)3/h12-13,15,17H,4-11H2,1-3H3. The Bertz CT molecular complexity index is 406. The van der Waals surface area contributed by atoms with E-state index >= 15 is 0 Å². The summed E-state index contributed by atoms with van der Waals surface area (Å²) in [6, 6.07) is 0.737. The van der Waals surface area contributed by atoms with Gasteiger partial charge in [0.25, 0.3) is 6.01 Å². The van der Waals surface area contributed by atoms with Gasteiger partial charge in [-0.05, 0) is 31.7 Å². The summed E-state index contributed by atoms with van der Waals surface area (Å²) in [7, 11) is 0. The molecular weight excluding hydrogens is 266 g/mol. The molecule has 1 aliphatic rings. The van der Waals surface area contributed by atoms with Crippen molar-refractivity contribution in [3.05, 3.63) is 12.0 Å². The van der Waals surface area contributed by atoms with Crippen molar-refractivity contribution in [1.82, 2.24) is 10.3 Å². The number of nitrogens with zero attached hydrogens (tertiary/aromatic N) is 2. The number of anilines is 1. The molecule has 0 amide bonds. The molecule has 1 aromatic rings. The van der Waals surface area contributed by atoms with Gasteiger partial charge >= 0.3 is 0 Å². The van der Waals surface area contributed by atoms with E-state index in [4.69, 9.17) is 9.15 Å². The number of rotatable bonds is 8. The molecule has 1 unspecified atom stereocenters. The smallest absolute Gasteiger partial charge is 0.297 e. The average molecular weight is 295 g/mol. The van der Waals surface area contributed by atoms with Crippen LogP contribution in [0.1, 0.15) is 45.7 Å². The molecule has 2 heterocycles. The molecule has 1 aromatic heterocycles. The van der Waals surface area contributed by atoms with Gasteiger partial charge < -0.3 is 19.4 Å². The highest BCUT2D eigenvalue weighted by molar-refractivity contribution is 5.28. The maximum Gasteiger partial charge on any atom is 0.297 e. The zero-order valence-electron chi connectivity index (χ0n) is 13.6. The Morgan fingerprint density at radius 2 is 2.38 bits per heavy atom. The molecule has 1 N–H and O–H groups in total. The lowest BCUT2D eigenvalue weighted by molar-refractivity contribution is 0.0431. The molecule has 0 aromatic carbocycles. The molecule has 0 radical (unpaired) electrons. The van der Waals surface area contributed by atoms with Crippen LogP contribution < -0.4 is 10.2 Å². The summed E-state index contributed by atoms with van der Waals surface area (Å²) in [6.45, 7) is 11.0. The molecule has 21 heavy (non-hydrogen) atoms. The summed E-state index contributed by atoms with van der Waals surface area (Å²) in [4.78, 5) is 6.79. The Hall–Kier alpha value is -1.07. The van der Waals surface area contributed by atoms with Gasteiger partial charge in [0.2, 0.25) is 0 Å². The minimum Gasteiger partial charge on any atom is -0.432 e. The molecule has 0 spiro atoms. The molecule has 0 bridgehead atoms. The van der Waals surface area contributed by atoms with E-state index in [1.54, 1.807) is 6.26 Å². The molecule has 5 nitrogen and oxygen atoms in total. The second-order valence-corrected chi connectivity index (χ2v) is 6.23. The van der Waals surface area contributed by atoms with Crippen molar-refractivity contribution in [1.29, 1.82) is 0 Å². The van der Waals surface area contributed by atoms with Crippen molar-refractivity contribution < 1.29 is 9.15 Å². The van der Waals surface area contributed by atoms with Crippen LogP contribution in [0, 0.1) is 5.92 Å². The molecule has 0 aliphatic carbocycles. The molecule has 2 rings (SSSR count). The van der Waals surface area contributed by atoms with Gasteiger partial charge in [0, 0.05) is 26.2 Å². The van der Waals surface area contributed by atoms with Gasteiger partial charge in [0.15, 0.2) is 0 Å². The van der Waals surface area contributed by atoms with Crippen LogP contribution in [0.4, 0.5) is 6.01 Å². The van der Waals surface area contributed by atoms with Crippen molar-refractivity contribution >= 4 is 6.01 Å². The van der Waals surface area contributed by atoms with E-state index in [1.807, 2.05) is 0 Å². The third-order valence-electron chi connectivity index (χ3n) is 3.60. The number of ether oxygens (including phenoxy) is 1. The van der Waals surface area contributed by atoms with E-state index in [9.17, 15) is 0 Å². The molecule has 5 heteroatoms. The zero-order valence-corrected chi connectivity index (χ0v) is 13.6. The number of hydrogen-bond acceptors (Lipinski definition) is 5. The molecule has 1 saturated heterocycles. The summed E-state index contributed by atoms with van der Waals surface area (Å²) in [5.74, 6) is 0.648. The molecule has 1 aliphatic heterocycles. The van der Waals surface area contributed by atoms with Gasteiger partial charge in [-0.25, -0.2) is 0 Å². The van der Waals surface area contributed by atoms with Crippen molar-refractivity contribution in [3.63, 3.8) is 0 Å². The van der Waals surface area contributed by atoms with Crippen LogP contribution in [-0.2, 0) is 11.3 Å². The van der Waals surface area contributed by atoms with E-state index < -0.39 is 0 Å². The number of piperidine rings is 1. The van der Waals surface area contributed by atoms with Gasteiger partial charge in [-0.15, -0.1) is 0 Å². The first-order valence-electron chi connectivity index (χ1n) is 8.20. The number of hydrogen-bond donors (Lipinski definition) is 1. The molecular formula is C16H29N3O2. The second kappa shape index (κ2) is 8.39. The highest BCUT2D eigenvalue weighted by Crippen LogP contribution is 2.21. The van der Waals surface area contributed by atoms with Gasteiger partial charge in [-0.2, -0.15) is 4.98 Å². The highest BCUT2D eigenvalue weighted by Gasteiger charge is 2.23. The van der Waals surface area contributed by atoms with Crippen molar-refractivity contribution in [2.75, 3.05) is 31.1 Å². The minimum absolute atomic E-state index is 0.313. The maximum atomic E-state index is 5.86. The van der Waals surface area contributed by atoms with Crippen molar-refractivity contribution in [3.8, 4) is 0 Å². The van der Waals surface area contributed by atoms with E-state index in [0.717, 1.165) is 63.8 Å². The lowest BCUT2D eigenvalue weighted by Gasteiger charge is -2.31. The normalized spacial score (nSPS) is 19.4. The number of aromatic nitrogens is 1. The summed E-state index contributed by atoms with van der Waals surface area (Å²) >= 11 is 0. The lowest BCUT2D eigenvalue weighted by atomic mass is 10.1. The van der Waals surface area contributed by atoms with Gasteiger partial charge in [0.1, 0.15) is 6.26 Å². The van der Waals surface area contributed by atoms with Crippen LogP contribution in [0.25, 0.3) is 0 Å². The summed E-state index contributed by atoms with van der Waals surface area (Å²) in [6.07, 6.45) is 5.42. The maximum absolute atomic E-state index is 5.86. The van der Waals surface area contributed by atoms with E-state index in [1.165, 1.54) is 0 Å². The number of nitrogens with one attached hydrogen (secondary N) is 1. The van der Waals surface area contributed by atoms with Crippen molar-refractivity contribution in [2.24, 2.45) is 5.92 Å². The fraction of sp³-hybridized carbons (Fsp3) is 0.812. The topological polar surface area (TPSA) is 50.5 Å². The first-order chi connectivity index (χ1) is 10.2. The third kappa shape index (κ3) is 5.32. The first kappa shape index (κ1) is 16.3. The fourth-order valence-corrected chi connectivity index (χ4v) is 2.54. The molecule has 1 atom stereocenters. The fourth-order valence-electron chi connectivity index (χ4n) is 2.54. The predicted octanol–water partition coefficient (Wildman–Crippen LogP) is 2.82. The third-order valence-corrected chi connectivity index (χ3v) is 3.60.